The molecule has 0 radical (unpaired) electrons. The van der Waals surface area contributed by atoms with E-state index in [0.717, 1.165) is 10.8 Å². The van der Waals surface area contributed by atoms with Gasteiger partial charge in [-0.05, 0) is 30.7 Å². The number of hydrogen-bond acceptors (Lipinski definition) is 6. The summed E-state index contributed by atoms with van der Waals surface area (Å²) in [5.41, 5.74) is 1.29. The number of ether oxygens (including phenoxy) is 3. The van der Waals surface area contributed by atoms with Gasteiger partial charge in [-0.2, -0.15) is 0 Å². The van der Waals surface area contributed by atoms with Crippen molar-refractivity contribution in [1.82, 2.24) is 15.5 Å². The van der Waals surface area contributed by atoms with Crippen LogP contribution in [0.3, 0.4) is 0 Å². The standard InChI is InChI=1S/C24H27N3O6/c1-3-32-23(29)20-15(2)25-24(30)26-22(20)21-17-7-5-4-6-16(17)8-9-18(21)33-14-19(28)27-10-12-31-13-11-27/h4-9,22H,3,10-14H2,1-2H3,(H2,25,26,30). The van der Waals surface area contributed by atoms with Gasteiger partial charge < -0.3 is 29.7 Å². The van der Waals surface area contributed by atoms with Crippen molar-refractivity contribution in [3.05, 3.63) is 53.2 Å². The Morgan fingerprint density at radius 2 is 1.91 bits per heavy atom. The van der Waals surface area contributed by atoms with E-state index >= 15 is 0 Å². The number of fused-ring (bicyclic) bond motifs is 1. The van der Waals surface area contributed by atoms with Crippen LogP contribution in [0.15, 0.2) is 47.7 Å². The Hall–Kier alpha value is -3.59. The number of carbonyl (C=O) groups is 3. The number of allylic oxidation sites excluding steroid dienone is 1. The van der Waals surface area contributed by atoms with Crippen molar-refractivity contribution in [1.29, 1.82) is 0 Å². The molecule has 4 rings (SSSR count). The van der Waals surface area contributed by atoms with Crippen LogP contribution < -0.4 is 15.4 Å². The van der Waals surface area contributed by atoms with Crippen LogP contribution in [0.4, 0.5) is 4.79 Å². The van der Waals surface area contributed by atoms with Crippen LogP contribution in [0.25, 0.3) is 10.8 Å². The minimum atomic E-state index is -0.808. The van der Waals surface area contributed by atoms with Gasteiger partial charge in [-0.25, -0.2) is 9.59 Å². The molecule has 1 atom stereocenters. The lowest BCUT2D eigenvalue weighted by atomic mass is 9.90. The predicted molar refractivity (Wildman–Crippen MR) is 121 cm³/mol. The molecule has 0 saturated carbocycles. The van der Waals surface area contributed by atoms with Crippen LogP contribution in [-0.4, -0.2) is 62.3 Å². The number of carbonyl (C=O) groups excluding carboxylic acids is 3. The van der Waals surface area contributed by atoms with E-state index in [1.807, 2.05) is 30.3 Å². The number of amides is 3. The highest BCUT2D eigenvalue weighted by Gasteiger charge is 2.35. The third-order valence-corrected chi connectivity index (χ3v) is 5.70. The van der Waals surface area contributed by atoms with Gasteiger partial charge in [0, 0.05) is 24.4 Å². The number of benzene rings is 2. The summed E-state index contributed by atoms with van der Waals surface area (Å²) < 4.78 is 16.6. The summed E-state index contributed by atoms with van der Waals surface area (Å²) in [6, 6.07) is 10.0. The summed E-state index contributed by atoms with van der Waals surface area (Å²) in [6.45, 7) is 5.46. The fourth-order valence-electron chi connectivity index (χ4n) is 4.13. The number of nitrogens with one attached hydrogen (secondary N) is 2. The lowest BCUT2D eigenvalue weighted by Gasteiger charge is -2.30. The van der Waals surface area contributed by atoms with E-state index in [4.69, 9.17) is 14.2 Å². The van der Waals surface area contributed by atoms with E-state index in [1.54, 1.807) is 24.8 Å². The largest absolute Gasteiger partial charge is 0.483 e. The average Bonchev–Trinajstić information content (AvgIpc) is 2.82. The molecule has 0 spiro atoms. The van der Waals surface area contributed by atoms with Crippen molar-refractivity contribution in [2.75, 3.05) is 39.5 Å². The van der Waals surface area contributed by atoms with Gasteiger partial charge in [0.15, 0.2) is 6.61 Å². The van der Waals surface area contributed by atoms with E-state index in [1.165, 1.54) is 0 Å². The molecule has 0 bridgehead atoms. The second-order valence-corrected chi connectivity index (χ2v) is 7.77. The Labute approximate surface area is 191 Å². The van der Waals surface area contributed by atoms with E-state index in [-0.39, 0.29) is 24.7 Å². The minimum absolute atomic E-state index is 0.149. The van der Waals surface area contributed by atoms with Gasteiger partial charge in [0.1, 0.15) is 5.75 Å². The highest BCUT2D eigenvalue weighted by atomic mass is 16.5. The highest BCUT2D eigenvalue weighted by molar-refractivity contribution is 5.98. The Balaban J connectivity index is 1.74. The molecule has 0 aliphatic carbocycles. The Bertz CT molecular complexity index is 1110. The molecule has 2 aliphatic rings. The van der Waals surface area contributed by atoms with Crippen molar-refractivity contribution in [2.45, 2.75) is 19.9 Å². The van der Waals surface area contributed by atoms with Gasteiger partial charge >= 0.3 is 12.0 Å². The molecule has 174 valence electrons. The SMILES string of the molecule is CCOC(=O)C1=C(C)NC(=O)NC1c1c(OCC(=O)N2CCOCC2)ccc2ccccc12. The lowest BCUT2D eigenvalue weighted by molar-refractivity contribution is -0.139. The summed E-state index contributed by atoms with van der Waals surface area (Å²) >= 11 is 0. The van der Waals surface area contributed by atoms with Crippen LogP contribution in [0.5, 0.6) is 5.75 Å². The Morgan fingerprint density at radius 1 is 1.15 bits per heavy atom. The van der Waals surface area contributed by atoms with Crippen molar-refractivity contribution in [3.8, 4) is 5.75 Å². The van der Waals surface area contributed by atoms with Crippen LogP contribution in [0.1, 0.15) is 25.5 Å². The zero-order chi connectivity index (χ0) is 23.4. The molecule has 2 aromatic carbocycles. The molecular weight excluding hydrogens is 426 g/mol. The van der Waals surface area contributed by atoms with Crippen molar-refractivity contribution in [2.24, 2.45) is 0 Å². The summed E-state index contributed by atoms with van der Waals surface area (Å²) in [6.07, 6.45) is 0. The van der Waals surface area contributed by atoms with E-state index in [0.29, 0.717) is 43.3 Å². The van der Waals surface area contributed by atoms with Gasteiger partial charge in [-0.15, -0.1) is 0 Å². The fourth-order valence-corrected chi connectivity index (χ4v) is 4.13. The van der Waals surface area contributed by atoms with Gasteiger partial charge in [0.25, 0.3) is 5.91 Å². The first-order chi connectivity index (χ1) is 16.0. The van der Waals surface area contributed by atoms with Crippen LogP contribution in [0, 0.1) is 0 Å². The molecule has 2 aromatic rings. The number of urea groups is 1. The summed E-state index contributed by atoms with van der Waals surface area (Å²) in [7, 11) is 0. The molecule has 9 heteroatoms. The predicted octanol–water partition coefficient (Wildman–Crippen LogP) is 2.27. The molecule has 1 unspecified atom stereocenters. The van der Waals surface area contributed by atoms with Gasteiger partial charge in [0.05, 0.1) is 31.4 Å². The molecule has 2 heterocycles. The second kappa shape index (κ2) is 9.91. The van der Waals surface area contributed by atoms with E-state index in [2.05, 4.69) is 10.6 Å². The summed E-state index contributed by atoms with van der Waals surface area (Å²) in [5.74, 6) is -0.267. The number of hydrogen-bond donors (Lipinski definition) is 2. The normalized spacial score (nSPS) is 18.5. The van der Waals surface area contributed by atoms with Crippen molar-refractivity contribution < 1.29 is 28.6 Å². The maximum absolute atomic E-state index is 12.8. The van der Waals surface area contributed by atoms with Gasteiger partial charge in [-0.3, -0.25) is 4.79 Å². The first kappa shape index (κ1) is 22.6. The average molecular weight is 453 g/mol. The first-order valence-electron chi connectivity index (χ1n) is 10.9. The maximum atomic E-state index is 12.8. The molecule has 0 aromatic heterocycles. The quantitative estimate of drug-likeness (QED) is 0.650. The number of morpholine rings is 1. The number of nitrogens with zero attached hydrogens (tertiary/aromatic N) is 1. The zero-order valence-electron chi connectivity index (χ0n) is 18.7. The first-order valence-corrected chi connectivity index (χ1v) is 10.9. The number of rotatable bonds is 6. The van der Waals surface area contributed by atoms with Crippen LogP contribution in [0.2, 0.25) is 0 Å². The summed E-state index contributed by atoms with van der Waals surface area (Å²) in [4.78, 5) is 39.6. The zero-order valence-corrected chi connectivity index (χ0v) is 18.7. The Kier molecular flexibility index (Phi) is 6.79. The van der Waals surface area contributed by atoms with Crippen LogP contribution in [-0.2, 0) is 19.1 Å². The summed E-state index contributed by atoms with van der Waals surface area (Å²) in [5, 5.41) is 7.19. The van der Waals surface area contributed by atoms with Crippen LogP contribution >= 0.6 is 0 Å². The van der Waals surface area contributed by atoms with Crippen molar-refractivity contribution >= 4 is 28.7 Å². The topological polar surface area (TPSA) is 106 Å². The van der Waals surface area contributed by atoms with Gasteiger partial charge in [0.2, 0.25) is 0 Å². The monoisotopic (exact) mass is 453 g/mol. The third kappa shape index (κ3) is 4.78. The molecular formula is C24H27N3O6. The molecule has 33 heavy (non-hydrogen) atoms. The fraction of sp³-hybridized carbons (Fsp3) is 0.375. The smallest absolute Gasteiger partial charge is 0.338 e. The molecule has 1 fully saturated rings. The third-order valence-electron chi connectivity index (χ3n) is 5.70. The highest BCUT2D eigenvalue weighted by Crippen LogP contribution is 2.38. The molecule has 9 nitrogen and oxygen atoms in total. The van der Waals surface area contributed by atoms with Gasteiger partial charge in [-0.1, -0.05) is 30.3 Å². The van der Waals surface area contributed by atoms with E-state index in [9.17, 15) is 14.4 Å². The number of esters is 1. The minimum Gasteiger partial charge on any atom is -0.483 e. The molecule has 2 aliphatic heterocycles. The maximum Gasteiger partial charge on any atom is 0.338 e. The molecule has 3 amide bonds. The lowest BCUT2D eigenvalue weighted by Crippen LogP contribution is -2.45. The molecule has 1 saturated heterocycles. The van der Waals surface area contributed by atoms with E-state index < -0.39 is 18.0 Å². The Morgan fingerprint density at radius 3 is 2.67 bits per heavy atom. The second-order valence-electron chi connectivity index (χ2n) is 7.77. The van der Waals surface area contributed by atoms with Crippen molar-refractivity contribution in [3.63, 3.8) is 0 Å². The molecule has 2 N–H and O–H groups in total.